The van der Waals surface area contributed by atoms with Crippen molar-refractivity contribution in [3.63, 3.8) is 0 Å². The van der Waals surface area contributed by atoms with Crippen LogP contribution in [0.3, 0.4) is 0 Å². The molecule has 0 bridgehead atoms. The lowest BCUT2D eigenvalue weighted by atomic mass is 10.2. The second kappa shape index (κ2) is 3.31. The summed E-state index contributed by atoms with van der Waals surface area (Å²) in [6, 6.07) is 5.11. The van der Waals surface area contributed by atoms with E-state index < -0.39 is 0 Å². The smallest absolute Gasteiger partial charge is 0.190 e. The highest BCUT2D eigenvalue weighted by Gasteiger charge is 2.05. The van der Waals surface area contributed by atoms with Crippen molar-refractivity contribution in [2.75, 3.05) is 0 Å². The normalized spacial score (nSPS) is 10.6. The lowest BCUT2D eigenvalue weighted by Crippen LogP contribution is -2.02. The van der Waals surface area contributed by atoms with Crippen LogP contribution >= 0.6 is 34.2 Å². The zero-order chi connectivity index (χ0) is 9.42. The summed E-state index contributed by atoms with van der Waals surface area (Å²) >= 11 is 8.05. The quantitative estimate of drug-likeness (QED) is 0.746. The molecule has 1 aromatic carbocycles. The molecule has 0 saturated heterocycles. The maximum absolute atomic E-state index is 11.5. The van der Waals surface area contributed by atoms with Gasteiger partial charge in [0, 0.05) is 15.8 Å². The van der Waals surface area contributed by atoms with Gasteiger partial charge in [-0.2, -0.15) is 0 Å². The summed E-state index contributed by atoms with van der Waals surface area (Å²) in [6.07, 6.45) is 1.60. The number of aromatic amines is 1. The van der Waals surface area contributed by atoms with Crippen LogP contribution in [-0.4, -0.2) is 4.98 Å². The molecule has 0 fully saturated rings. The zero-order valence-corrected chi connectivity index (χ0v) is 9.39. The van der Waals surface area contributed by atoms with E-state index in [1.54, 1.807) is 12.3 Å². The van der Waals surface area contributed by atoms with Gasteiger partial charge in [0.2, 0.25) is 0 Å². The largest absolute Gasteiger partial charge is 0.360 e. The molecule has 4 heteroatoms. The number of nitrogens with one attached hydrogen (secondary N) is 1. The fourth-order valence-electron chi connectivity index (χ4n) is 1.22. The fraction of sp³-hybridized carbons (Fsp3) is 0. The lowest BCUT2D eigenvalue weighted by molar-refractivity contribution is 1.38. The van der Waals surface area contributed by atoms with Gasteiger partial charge in [0.25, 0.3) is 0 Å². The van der Waals surface area contributed by atoms with Crippen molar-refractivity contribution >= 4 is 45.1 Å². The van der Waals surface area contributed by atoms with Gasteiger partial charge in [-0.3, -0.25) is 4.79 Å². The standard InChI is InChI=1S/C9H5ClINO/c10-5-1-2-6(11)8-7(13)3-4-12-9(5)8/h1-4H,(H,12,13). The van der Waals surface area contributed by atoms with E-state index in [1.807, 2.05) is 6.07 Å². The Hall–Kier alpha value is -0.550. The van der Waals surface area contributed by atoms with Gasteiger partial charge >= 0.3 is 0 Å². The molecule has 0 saturated carbocycles. The second-order valence-corrected chi connectivity index (χ2v) is 4.19. The number of hydrogen-bond donors (Lipinski definition) is 1. The minimum atomic E-state index is 0.000602. The van der Waals surface area contributed by atoms with Crippen molar-refractivity contribution in [1.82, 2.24) is 4.98 Å². The molecule has 13 heavy (non-hydrogen) atoms. The Morgan fingerprint density at radius 3 is 2.77 bits per heavy atom. The first-order valence-corrected chi connectivity index (χ1v) is 5.11. The van der Waals surface area contributed by atoms with Crippen LogP contribution in [0.1, 0.15) is 0 Å². The molecule has 0 unspecified atom stereocenters. The van der Waals surface area contributed by atoms with Crippen molar-refractivity contribution in [1.29, 1.82) is 0 Å². The molecule has 0 amide bonds. The van der Waals surface area contributed by atoms with E-state index in [1.165, 1.54) is 6.07 Å². The van der Waals surface area contributed by atoms with E-state index >= 15 is 0 Å². The topological polar surface area (TPSA) is 32.9 Å². The average Bonchev–Trinajstić information content (AvgIpc) is 2.12. The Labute approximate surface area is 93.1 Å². The van der Waals surface area contributed by atoms with Gasteiger partial charge in [-0.25, -0.2) is 0 Å². The van der Waals surface area contributed by atoms with E-state index in [9.17, 15) is 4.79 Å². The van der Waals surface area contributed by atoms with Crippen molar-refractivity contribution in [3.8, 4) is 0 Å². The number of halogens is 2. The average molecular weight is 306 g/mol. The first-order chi connectivity index (χ1) is 6.20. The number of aromatic nitrogens is 1. The summed E-state index contributed by atoms with van der Waals surface area (Å²) in [7, 11) is 0. The molecule has 1 heterocycles. The van der Waals surface area contributed by atoms with Gasteiger partial charge in [-0.05, 0) is 34.7 Å². The van der Waals surface area contributed by atoms with E-state index in [-0.39, 0.29) is 5.43 Å². The SMILES string of the molecule is O=c1cc[nH]c2c(Cl)ccc(I)c12. The van der Waals surface area contributed by atoms with Gasteiger partial charge in [0.1, 0.15) is 0 Å². The highest BCUT2D eigenvalue weighted by Crippen LogP contribution is 2.22. The van der Waals surface area contributed by atoms with Crippen LogP contribution < -0.4 is 5.43 Å². The Balaban J connectivity index is 3.09. The highest BCUT2D eigenvalue weighted by molar-refractivity contribution is 14.1. The third-order valence-corrected chi connectivity index (χ3v) is 3.03. The van der Waals surface area contributed by atoms with Crippen LogP contribution in [0.4, 0.5) is 0 Å². The molecule has 2 nitrogen and oxygen atoms in total. The highest BCUT2D eigenvalue weighted by atomic mass is 127. The molecule has 0 spiro atoms. The Morgan fingerprint density at radius 2 is 2.08 bits per heavy atom. The van der Waals surface area contributed by atoms with Crippen molar-refractivity contribution < 1.29 is 0 Å². The van der Waals surface area contributed by atoms with Crippen LogP contribution in [0, 0.1) is 3.57 Å². The van der Waals surface area contributed by atoms with Gasteiger partial charge in [0.15, 0.2) is 5.43 Å². The summed E-state index contributed by atoms with van der Waals surface area (Å²) < 4.78 is 0.916. The first-order valence-electron chi connectivity index (χ1n) is 3.65. The molecule has 2 aromatic rings. The van der Waals surface area contributed by atoms with E-state index in [0.717, 1.165) is 3.57 Å². The Morgan fingerprint density at radius 1 is 1.31 bits per heavy atom. The first kappa shape index (κ1) is 9.02. The number of pyridine rings is 1. The Bertz CT molecular complexity index is 520. The molecule has 0 radical (unpaired) electrons. The summed E-state index contributed by atoms with van der Waals surface area (Å²) in [4.78, 5) is 14.4. The minimum Gasteiger partial charge on any atom is -0.360 e. The summed E-state index contributed by atoms with van der Waals surface area (Å²) in [5.41, 5.74) is 0.710. The summed E-state index contributed by atoms with van der Waals surface area (Å²) in [5, 5.41) is 1.24. The lowest BCUT2D eigenvalue weighted by Gasteiger charge is -2.00. The Kier molecular flexibility index (Phi) is 2.29. The number of fused-ring (bicyclic) bond motifs is 1. The van der Waals surface area contributed by atoms with Crippen LogP contribution in [-0.2, 0) is 0 Å². The molecular weight excluding hydrogens is 300 g/mol. The van der Waals surface area contributed by atoms with Crippen molar-refractivity contribution in [3.05, 3.63) is 43.2 Å². The molecule has 66 valence electrons. The van der Waals surface area contributed by atoms with Gasteiger partial charge < -0.3 is 4.98 Å². The van der Waals surface area contributed by atoms with Gasteiger partial charge in [-0.15, -0.1) is 0 Å². The van der Waals surface area contributed by atoms with E-state index in [0.29, 0.717) is 15.9 Å². The summed E-state index contributed by atoms with van der Waals surface area (Å²) in [5.74, 6) is 0. The molecule has 0 atom stereocenters. The predicted molar refractivity (Wildman–Crippen MR) is 62.3 cm³/mol. The fourth-order valence-corrected chi connectivity index (χ4v) is 2.15. The summed E-state index contributed by atoms with van der Waals surface area (Å²) in [6.45, 7) is 0. The van der Waals surface area contributed by atoms with Crippen LogP contribution in [0.5, 0.6) is 0 Å². The van der Waals surface area contributed by atoms with Crippen LogP contribution in [0.15, 0.2) is 29.2 Å². The number of hydrogen-bond acceptors (Lipinski definition) is 1. The molecule has 1 N–H and O–H groups in total. The van der Waals surface area contributed by atoms with Crippen LogP contribution in [0.25, 0.3) is 10.9 Å². The van der Waals surface area contributed by atoms with Crippen LogP contribution in [0.2, 0.25) is 5.02 Å². The molecule has 0 aliphatic rings. The third-order valence-electron chi connectivity index (χ3n) is 1.81. The van der Waals surface area contributed by atoms with Crippen molar-refractivity contribution in [2.24, 2.45) is 0 Å². The molecule has 0 aliphatic heterocycles. The molecular formula is C9H5ClINO. The molecule has 1 aromatic heterocycles. The second-order valence-electron chi connectivity index (χ2n) is 2.62. The van der Waals surface area contributed by atoms with Gasteiger partial charge in [-0.1, -0.05) is 11.6 Å². The monoisotopic (exact) mass is 305 g/mol. The zero-order valence-electron chi connectivity index (χ0n) is 6.47. The maximum Gasteiger partial charge on any atom is 0.190 e. The van der Waals surface area contributed by atoms with E-state index in [4.69, 9.17) is 11.6 Å². The van der Waals surface area contributed by atoms with E-state index in [2.05, 4.69) is 27.6 Å². The molecule has 2 rings (SSSR count). The van der Waals surface area contributed by atoms with Gasteiger partial charge in [0.05, 0.1) is 15.9 Å². The number of rotatable bonds is 0. The van der Waals surface area contributed by atoms with Crippen molar-refractivity contribution in [2.45, 2.75) is 0 Å². The predicted octanol–water partition coefficient (Wildman–Crippen LogP) is 2.79. The number of H-pyrrole nitrogens is 1. The maximum atomic E-state index is 11.5. The third kappa shape index (κ3) is 1.46. The minimum absolute atomic E-state index is 0.000602. The number of benzene rings is 1. The molecule has 0 aliphatic carbocycles.